The van der Waals surface area contributed by atoms with Crippen molar-refractivity contribution in [3.05, 3.63) is 119 Å². The Labute approximate surface area is 280 Å². The standard InChI is InChI=1S/C44H49N3/c1-9-30-25-37-42-39-33(23-22-32(40(39)45(37)8)31-18-13-12-14-19-31)34(26-44(10-2,11-3)47(42)27-30)29(5)46-24-16-21-36-41(46)38-28(4)17-15-20-35(38)43(36,6)7/h12-25,27,29,34H,9-11,26H2,1-8H3/q+2. The van der Waals surface area contributed by atoms with Crippen molar-refractivity contribution in [2.45, 2.75) is 97.1 Å². The second-order valence-electron chi connectivity index (χ2n) is 14.9. The van der Waals surface area contributed by atoms with Gasteiger partial charge >= 0.3 is 0 Å². The third-order valence-corrected chi connectivity index (χ3v) is 12.5. The average molecular weight is 620 g/mol. The Hall–Kier alpha value is -4.24. The van der Waals surface area contributed by atoms with Gasteiger partial charge in [0.15, 0.2) is 24.0 Å². The summed E-state index contributed by atoms with van der Waals surface area (Å²) in [6.07, 6.45) is 9.21. The van der Waals surface area contributed by atoms with E-state index in [-0.39, 0.29) is 17.0 Å². The lowest BCUT2D eigenvalue weighted by atomic mass is 9.76. The fourth-order valence-corrected chi connectivity index (χ4v) is 9.59. The van der Waals surface area contributed by atoms with Gasteiger partial charge in [-0.05, 0) is 54.7 Å². The van der Waals surface area contributed by atoms with Crippen molar-refractivity contribution < 1.29 is 9.13 Å². The van der Waals surface area contributed by atoms with Gasteiger partial charge in [0.05, 0.1) is 22.4 Å². The van der Waals surface area contributed by atoms with Crippen molar-refractivity contribution in [1.82, 2.24) is 4.57 Å². The van der Waals surface area contributed by atoms with Gasteiger partial charge in [0.1, 0.15) is 5.52 Å². The maximum absolute atomic E-state index is 2.75. The number of aromatic nitrogens is 3. The van der Waals surface area contributed by atoms with E-state index in [1.807, 2.05) is 0 Å². The second-order valence-corrected chi connectivity index (χ2v) is 14.9. The molecule has 0 amide bonds. The van der Waals surface area contributed by atoms with E-state index in [9.17, 15) is 0 Å². The largest absolute Gasteiger partial charge is 0.338 e. The Morgan fingerprint density at radius 1 is 0.894 bits per heavy atom. The van der Waals surface area contributed by atoms with E-state index in [1.165, 1.54) is 72.1 Å². The molecular weight excluding hydrogens is 571 g/mol. The average Bonchev–Trinajstić information content (AvgIpc) is 3.48. The Kier molecular flexibility index (Phi) is 6.82. The summed E-state index contributed by atoms with van der Waals surface area (Å²) >= 11 is 0. The molecule has 1 aliphatic carbocycles. The zero-order valence-electron chi connectivity index (χ0n) is 29.5. The molecule has 8 rings (SSSR count). The molecular formula is C44H49N3+2. The zero-order valence-corrected chi connectivity index (χ0v) is 29.5. The number of nitrogens with zero attached hydrogens (tertiary/aromatic N) is 3. The van der Waals surface area contributed by atoms with Crippen LogP contribution in [0.25, 0.3) is 44.3 Å². The molecule has 0 radical (unpaired) electrons. The van der Waals surface area contributed by atoms with Crippen LogP contribution in [0.4, 0.5) is 0 Å². The van der Waals surface area contributed by atoms with Gasteiger partial charge in [-0.2, -0.15) is 9.13 Å². The molecule has 1 aliphatic heterocycles. The van der Waals surface area contributed by atoms with Crippen LogP contribution in [0, 0.1) is 6.92 Å². The molecule has 0 bridgehead atoms. The van der Waals surface area contributed by atoms with E-state index in [1.54, 1.807) is 0 Å². The zero-order chi connectivity index (χ0) is 32.8. The molecule has 0 spiro atoms. The third-order valence-electron chi connectivity index (χ3n) is 12.5. The van der Waals surface area contributed by atoms with Gasteiger partial charge in [-0.3, -0.25) is 0 Å². The molecule has 4 heterocycles. The minimum Gasteiger partial charge on any atom is -0.338 e. The van der Waals surface area contributed by atoms with Gasteiger partial charge in [-0.25, -0.2) is 0 Å². The number of benzene rings is 3. The highest BCUT2D eigenvalue weighted by Gasteiger charge is 2.50. The van der Waals surface area contributed by atoms with Crippen molar-refractivity contribution >= 4 is 21.9 Å². The van der Waals surface area contributed by atoms with E-state index >= 15 is 0 Å². The molecule has 0 saturated carbocycles. The summed E-state index contributed by atoms with van der Waals surface area (Å²) < 4.78 is 7.91. The molecule has 3 heteroatoms. The minimum absolute atomic E-state index is 0.00811. The van der Waals surface area contributed by atoms with Crippen LogP contribution in [-0.2, 0) is 24.4 Å². The van der Waals surface area contributed by atoms with Crippen molar-refractivity contribution in [2.75, 3.05) is 0 Å². The lowest BCUT2D eigenvalue weighted by molar-refractivity contribution is -0.749. The summed E-state index contributed by atoms with van der Waals surface area (Å²) in [4.78, 5) is 0. The Morgan fingerprint density at radius 3 is 2.36 bits per heavy atom. The molecule has 3 nitrogen and oxygen atoms in total. The number of aryl methyl sites for hydroxylation is 3. The highest BCUT2D eigenvalue weighted by molar-refractivity contribution is 6.11. The van der Waals surface area contributed by atoms with Crippen molar-refractivity contribution in [3.8, 4) is 22.4 Å². The van der Waals surface area contributed by atoms with Crippen molar-refractivity contribution in [2.24, 2.45) is 7.05 Å². The topological polar surface area (TPSA) is 12.7 Å². The number of hydrogen-bond acceptors (Lipinski definition) is 0. The second kappa shape index (κ2) is 10.6. The van der Waals surface area contributed by atoms with E-state index in [0.717, 1.165) is 25.7 Å². The molecule has 6 aromatic rings. The highest BCUT2D eigenvalue weighted by Crippen LogP contribution is 2.51. The number of fused-ring (bicyclic) bond motifs is 3. The van der Waals surface area contributed by atoms with Crippen LogP contribution in [0.2, 0.25) is 0 Å². The summed E-state index contributed by atoms with van der Waals surface area (Å²) in [5.74, 6) is 0.325. The van der Waals surface area contributed by atoms with E-state index in [2.05, 4.69) is 160 Å². The van der Waals surface area contributed by atoms with Gasteiger partial charge in [-0.1, -0.05) is 95.3 Å². The normalized spacial score (nSPS) is 18.0. The summed E-state index contributed by atoms with van der Waals surface area (Å²) in [5.41, 5.74) is 16.7. The molecule has 238 valence electrons. The van der Waals surface area contributed by atoms with Gasteiger partial charge < -0.3 is 4.57 Å². The summed E-state index contributed by atoms with van der Waals surface area (Å²) in [7, 11) is 2.30. The molecule has 3 aromatic carbocycles. The molecule has 2 aliphatic rings. The molecule has 0 fully saturated rings. The lowest BCUT2D eigenvalue weighted by Gasteiger charge is -2.31. The van der Waals surface area contributed by atoms with Crippen molar-refractivity contribution in [1.29, 1.82) is 0 Å². The quantitative estimate of drug-likeness (QED) is 0.165. The predicted molar refractivity (Wildman–Crippen MR) is 195 cm³/mol. The SMILES string of the molecule is CCc1cc2c3c4c(ccc(-c5ccccc5)c4n2C)C(C(C)[n+]2cccc4c2-c2c(C)cccc2C4(C)C)CC(CC)(CC)[n+]3c1. The Morgan fingerprint density at radius 2 is 1.64 bits per heavy atom. The van der Waals surface area contributed by atoms with E-state index in [0.29, 0.717) is 5.92 Å². The van der Waals surface area contributed by atoms with Crippen LogP contribution in [0.3, 0.4) is 0 Å². The maximum atomic E-state index is 2.75. The molecule has 0 N–H and O–H groups in total. The lowest BCUT2D eigenvalue weighted by Crippen LogP contribution is -2.57. The Bertz CT molecular complexity index is 2200. The molecule has 2 atom stereocenters. The molecule has 3 aromatic heterocycles. The van der Waals surface area contributed by atoms with E-state index in [4.69, 9.17) is 0 Å². The van der Waals surface area contributed by atoms with Crippen LogP contribution < -0.4 is 9.13 Å². The fourth-order valence-electron chi connectivity index (χ4n) is 9.59. The molecule has 0 saturated heterocycles. The number of pyridine rings is 2. The minimum atomic E-state index is -0.0295. The molecule has 2 unspecified atom stereocenters. The summed E-state index contributed by atoms with van der Waals surface area (Å²) in [6.45, 7) is 16.7. The number of hydrogen-bond donors (Lipinski definition) is 0. The highest BCUT2D eigenvalue weighted by atomic mass is 15.1. The third kappa shape index (κ3) is 4.04. The summed E-state index contributed by atoms with van der Waals surface area (Å²) in [5, 5.41) is 1.44. The maximum Gasteiger partial charge on any atom is 0.239 e. The van der Waals surface area contributed by atoms with Crippen LogP contribution >= 0.6 is 0 Å². The first-order chi connectivity index (χ1) is 22.7. The van der Waals surface area contributed by atoms with Gasteiger partial charge in [0.2, 0.25) is 11.2 Å². The summed E-state index contributed by atoms with van der Waals surface area (Å²) in [6, 6.07) is 30.2. The first-order valence-corrected chi connectivity index (χ1v) is 17.9. The fraction of sp³-hybridized carbons (Fsp3) is 0.364. The van der Waals surface area contributed by atoms with Crippen molar-refractivity contribution in [3.63, 3.8) is 0 Å². The van der Waals surface area contributed by atoms with Crippen LogP contribution in [0.5, 0.6) is 0 Å². The smallest absolute Gasteiger partial charge is 0.239 e. The van der Waals surface area contributed by atoms with Crippen LogP contribution in [-0.4, -0.2) is 4.57 Å². The van der Waals surface area contributed by atoms with Gasteiger partial charge in [0, 0.05) is 54.5 Å². The van der Waals surface area contributed by atoms with Gasteiger partial charge in [0.25, 0.3) is 0 Å². The van der Waals surface area contributed by atoms with E-state index < -0.39 is 0 Å². The first kappa shape index (κ1) is 30.1. The Balaban J connectivity index is 1.45. The van der Waals surface area contributed by atoms with Crippen LogP contribution in [0.15, 0.2) is 91.3 Å². The predicted octanol–water partition coefficient (Wildman–Crippen LogP) is 10.0. The monoisotopic (exact) mass is 619 g/mol. The van der Waals surface area contributed by atoms with Gasteiger partial charge in [-0.15, -0.1) is 0 Å². The molecule has 47 heavy (non-hydrogen) atoms. The number of rotatable bonds is 6. The first-order valence-electron chi connectivity index (χ1n) is 17.9. The van der Waals surface area contributed by atoms with Crippen LogP contribution in [0.1, 0.15) is 101 Å².